The number of carboxylic acid groups (broad SMARTS) is 1. The Kier molecular flexibility index (Phi) is 32.5. The molecule has 0 rings (SSSR count). The van der Waals surface area contributed by atoms with Crippen molar-refractivity contribution < 1.29 is 42.7 Å². The van der Waals surface area contributed by atoms with Crippen molar-refractivity contribution in [2.24, 2.45) is 5.73 Å². The third-order valence-electron chi connectivity index (χ3n) is 7.28. The number of carboxylic acids is 1. The van der Waals surface area contributed by atoms with Crippen molar-refractivity contribution >= 4 is 19.8 Å². The maximum Gasteiger partial charge on any atom is 0.472 e. The van der Waals surface area contributed by atoms with Crippen LogP contribution in [0.1, 0.15) is 129 Å². The molecule has 0 aromatic rings. The van der Waals surface area contributed by atoms with Gasteiger partial charge in [-0.15, -0.1) is 0 Å². The van der Waals surface area contributed by atoms with Gasteiger partial charge in [-0.3, -0.25) is 18.6 Å². The standard InChI is InChI=1S/C38H66NO9P/c1-3-5-7-9-11-13-15-16-17-18-19-21-23-25-27-29-31-45-32-35(33-46-49(43,44)47-34-36(39)38(41)42)48-37(40)30-28-26-24-22-20-14-12-10-8-6-4-2/h5,7,10-13,16-17,19,21,35-36H,3-4,6,8-9,14-15,18,20,22-34,39H2,1-2H3,(H,41,42)(H,43,44)/b7-5-,12-10-,13-11-,17-16-,21-19-. The molecule has 0 aliphatic heterocycles. The summed E-state index contributed by atoms with van der Waals surface area (Å²) in [6.45, 7) is 3.60. The average Bonchev–Trinajstić information content (AvgIpc) is 3.07. The van der Waals surface area contributed by atoms with E-state index in [0.717, 1.165) is 89.9 Å². The molecule has 3 atom stereocenters. The van der Waals surface area contributed by atoms with Crippen LogP contribution < -0.4 is 5.73 Å². The molecule has 0 radical (unpaired) electrons. The first-order valence-electron chi connectivity index (χ1n) is 18.3. The Labute approximate surface area is 296 Å². The van der Waals surface area contributed by atoms with E-state index in [1.165, 1.54) is 12.8 Å². The third-order valence-corrected chi connectivity index (χ3v) is 8.23. The summed E-state index contributed by atoms with van der Waals surface area (Å²) in [5.74, 6) is -1.81. The summed E-state index contributed by atoms with van der Waals surface area (Å²) < 4.78 is 33.1. The van der Waals surface area contributed by atoms with Gasteiger partial charge < -0.3 is 25.2 Å². The molecule has 0 saturated heterocycles. The van der Waals surface area contributed by atoms with Crippen LogP contribution in [0.15, 0.2) is 60.8 Å². The lowest BCUT2D eigenvalue weighted by molar-refractivity contribution is -0.154. The number of phosphoric ester groups is 1. The van der Waals surface area contributed by atoms with Gasteiger partial charge in [-0.1, -0.05) is 113 Å². The highest BCUT2D eigenvalue weighted by Crippen LogP contribution is 2.43. The fraction of sp³-hybridized carbons (Fsp3) is 0.684. The Morgan fingerprint density at radius 1 is 0.673 bits per heavy atom. The van der Waals surface area contributed by atoms with E-state index in [4.69, 9.17) is 24.8 Å². The van der Waals surface area contributed by atoms with Gasteiger partial charge in [-0.05, 0) is 70.6 Å². The highest BCUT2D eigenvalue weighted by Gasteiger charge is 2.27. The number of phosphoric acid groups is 1. The Balaban J connectivity index is 4.40. The summed E-state index contributed by atoms with van der Waals surface area (Å²) in [6, 6.07) is -1.48. The number of carbonyl (C=O) groups is 2. The molecular weight excluding hydrogens is 645 g/mol. The van der Waals surface area contributed by atoms with Crippen molar-refractivity contribution in [1.29, 1.82) is 0 Å². The van der Waals surface area contributed by atoms with E-state index in [1.54, 1.807) is 0 Å². The van der Waals surface area contributed by atoms with Crippen LogP contribution in [0.4, 0.5) is 0 Å². The van der Waals surface area contributed by atoms with Gasteiger partial charge in [0.25, 0.3) is 0 Å². The molecule has 0 heterocycles. The number of aliphatic carboxylic acids is 1. The van der Waals surface area contributed by atoms with E-state index in [0.29, 0.717) is 13.0 Å². The zero-order valence-corrected chi connectivity index (χ0v) is 31.2. The zero-order valence-electron chi connectivity index (χ0n) is 30.3. The molecule has 11 heteroatoms. The van der Waals surface area contributed by atoms with Gasteiger partial charge in [-0.2, -0.15) is 0 Å². The van der Waals surface area contributed by atoms with Gasteiger partial charge in [-0.25, -0.2) is 4.57 Å². The van der Waals surface area contributed by atoms with E-state index < -0.39 is 45.1 Å². The number of ether oxygens (including phenoxy) is 2. The average molecular weight is 712 g/mol. The number of allylic oxidation sites excluding steroid dienone is 10. The molecular formula is C38H66NO9P. The predicted molar refractivity (Wildman–Crippen MR) is 198 cm³/mol. The maximum atomic E-state index is 12.5. The van der Waals surface area contributed by atoms with E-state index in [9.17, 15) is 19.0 Å². The Bertz CT molecular complexity index is 1010. The van der Waals surface area contributed by atoms with Crippen LogP contribution in [0.2, 0.25) is 0 Å². The largest absolute Gasteiger partial charge is 0.480 e. The van der Waals surface area contributed by atoms with Gasteiger partial charge in [0.2, 0.25) is 0 Å². The van der Waals surface area contributed by atoms with Gasteiger partial charge in [0.05, 0.1) is 19.8 Å². The van der Waals surface area contributed by atoms with Crippen LogP contribution >= 0.6 is 7.82 Å². The molecule has 10 nitrogen and oxygen atoms in total. The molecule has 0 fully saturated rings. The number of esters is 1. The minimum absolute atomic E-state index is 0.0109. The highest BCUT2D eigenvalue weighted by molar-refractivity contribution is 7.47. The van der Waals surface area contributed by atoms with Gasteiger partial charge >= 0.3 is 19.8 Å². The number of carbonyl (C=O) groups excluding carboxylic acids is 1. The second-order valence-electron chi connectivity index (χ2n) is 12.0. The van der Waals surface area contributed by atoms with E-state index in [-0.39, 0.29) is 13.0 Å². The summed E-state index contributed by atoms with van der Waals surface area (Å²) in [4.78, 5) is 33.3. The smallest absolute Gasteiger partial charge is 0.472 e. The Morgan fingerprint density at radius 3 is 1.80 bits per heavy atom. The normalized spacial score (nSPS) is 14.9. The number of rotatable bonds is 34. The van der Waals surface area contributed by atoms with Crippen LogP contribution in [0.3, 0.4) is 0 Å². The molecule has 0 aromatic carbocycles. The molecule has 0 saturated carbocycles. The highest BCUT2D eigenvalue weighted by atomic mass is 31.2. The SMILES string of the molecule is CC/C=C\C/C=C\C/C=C\C/C=C\CCCCCOCC(COP(=O)(O)OCC(N)C(=O)O)OC(=O)CCCCCCC/C=C\CCCC. The van der Waals surface area contributed by atoms with Crippen LogP contribution in [0.25, 0.3) is 0 Å². The van der Waals surface area contributed by atoms with Crippen molar-refractivity contribution in [2.75, 3.05) is 26.4 Å². The molecule has 0 aliphatic carbocycles. The van der Waals surface area contributed by atoms with Crippen LogP contribution in [-0.4, -0.2) is 60.5 Å². The number of nitrogens with two attached hydrogens (primary N) is 1. The lowest BCUT2D eigenvalue weighted by Gasteiger charge is -2.20. The molecule has 49 heavy (non-hydrogen) atoms. The van der Waals surface area contributed by atoms with Crippen LogP contribution in [-0.2, 0) is 32.7 Å². The summed E-state index contributed by atoms with van der Waals surface area (Å²) in [6.07, 6.45) is 38.5. The van der Waals surface area contributed by atoms with Gasteiger partial charge in [0.1, 0.15) is 12.1 Å². The van der Waals surface area contributed by atoms with Crippen LogP contribution in [0.5, 0.6) is 0 Å². The molecule has 0 amide bonds. The van der Waals surface area contributed by atoms with Gasteiger partial charge in [0.15, 0.2) is 0 Å². The Morgan fingerprint density at radius 2 is 1.18 bits per heavy atom. The fourth-order valence-corrected chi connectivity index (χ4v) is 5.17. The summed E-state index contributed by atoms with van der Waals surface area (Å²) in [7, 11) is -4.62. The monoisotopic (exact) mass is 711 g/mol. The van der Waals surface area contributed by atoms with Crippen molar-refractivity contribution in [3.8, 4) is 0 Å². The molecule has 282 valence electrons. The molecule has 0 bridgehead atoms. The van der Waals surface area contributed by atoms with Crippen molar-refractivity contribution in [3.05, 3.63) is 60.8 Å². The number of hydrogen-bond donors (Lipinski definition) is 3. The molecule has 0 spiro atoms. The minimum atomic E-state index is -4.62. The fourth-order valence-electron chi connectivity index (χ4n) is 4.40. The second-order valence-corrected chi connectivity index (χ2v) is 13.4. The second kappa shape index (κ2) is 34.1. The van der Waals surface area contributed by atoms with E-state index >= 15 is 0 Å². The predicted octanol–water partition coefficient (Wildman–Crippen LogP) is 9.30. The van der Waals surface area contributed by atoms with Crippen molar-refractivity contribution in [1.82, 2.24) is 0 Å². The molecule has 0 aliphatic rings. The first kappa shape index (κ1) is 46.7. The molecule has 4 N–H and O–H groups in total. The van der Waals surface area contributed by atoms with Crippen molar-refractivity contribution in [2.45, 2.75) is 142 Å². The minimum Gasteiger partial charge on any atom is -0.480 e. The van der Waals surface area contributed by atoms with E-state index in [1.807, 2.05) is 0 Å². The summed E-state index contributed by atoms with van der Waals surface area (Å²) in [5, 5.41) is 8.85. The topological polar surface area (TPSA) is 155 Å². The van der Waals surface area contributed by atoms with Gasteiger partial charge in [0, 0.05) is 13.0 Å². The number of hydrogen-bond acceptors (Lipinski definition) is 8. The maximum absolute atomic E-state index is 12.5. The molecule has 0 aromatic heterocycles. The molecule has 3 unspecified atom stereocenters. The quantitative estimate of drug-likeness (QED) is 0.0255. The summed E-state index contributed by atoms with van der Waals surface area (Å²) >= 11 is 0. The lowest BCUT2D eigenvalue weighted by atomic mass is 10.1. The third kappa shape index (κ3) is 33.9. The number of unbranched alkanes of at least 4 members (excludes halogenated alkanes) is 10. The zero-order chi connectivity index (χ0) is 36.3. The first-order chi connectivity index (χ1) is 23.7. The van der Waals surface area contributed by atoms with Crippen LogP contribution in [0, 0.1) is 0 Å². The van der Waals surface area contributed by atoms with E-state index in [2.05, 4.69) is 79.1 Å². The first-order valence-corrected chi connectivity index (χ1v) is 19.8. The lowest BCUT2D eigenvalue weighted by Crippen LogP contribution is -2.34. The Hall–Kier alpha value is -2.33. The van der Waals surface area contributed by atoms with Crippen molar-refractivity contribution in [3.63, 3.8) is 0 Å². The summed E-state index contributed by atoms with van der Waals surface area (Å²) in [5.41, 5.74) is 5.33.